The highest BCUT2D eigenvalue weighted by molar-refractivity contribution is 5.33. The molecular formula is C28H38F2O. The Morgan fingerprint density at radius 2 is 1.48 bits per heavy atom. The second kappa shape index (κ2) is 10.3. The summed E-state index contributed by atoms with van der Waals surface area (Å²) in [4.78, 5) is 0. The number of hydrogen-bond donors (Lipinski definition) is 0. The van der Waals surface area contributed by atoms with Gasteiger partial charge in [-0.1, -0.05) is 24.3 Å². The van der Waals surface area contributed by atoms with Gasteiger partial charge in [0, 0.05) is 0 Å². The fraction of sp³-hybridized carbons (Fsp3) is 0.643. The summed E-state index contributed by atoms with van der Waals surface area (Å²) in [7, 11) is 0. The molecule has 0 aliphatic heterocycles. The minimum Gasteiger partial charge on any atom is -0.491 e. The van der Waals surface area contributed by atoms with Crippen molar-refractivity contribution in [2.75, 3.05) is 6.61 Å². The van der Waals surface area contributed by atoms with Crippen molar-refractivity contribution in [3.63, 3.8) is 0 Å². The molecule has 3 aliphatic carbocycles. The summed E-state index contributed by atoms with van der Waals surface area (Å²) in [5, 5.41) is 0. The first-order chi connectivity index (χ1) is 15.1. The largest absolute Gasteiger partial charge is 0.491 e. The highest BCUT2D eigenvalue weighted by Crippen LogP contribution is 2.46. The predicted molar refractivity (Wildman–Crippen MR) is 123 cm³/mol. The molecule has 2 fully saturated rings. The Kier molecular flexibility index (Phi) is 7.51. The van der Waals surface area contributed by atoms with Crippen LogP contribution >= 0.6 is 0 Å². The van der Waals surface area contributed by atoms with Crippen LogP contribution in [0.1, 0.15) is 82.6 Å². The molecule has 0 N–H and O–H groups in total. The second-order valence-electron chi connectivity index (χ2n) is 10.0. The molecule has 0 spiro atoms. The predicted octanol–water partition coefficient (Wildman–Crippen LogP) is 8.21. The van der Waals surface area contributed by atoms with E-state index in [9.17, 15) is 8.78 Å². The van der Waals surface area contributed by atoms with Gasteiger partial charge in [0.05, 0.1) is 6.61 Å². The van der Waals surface area contributed by atoms with Crippen molar-refractivity contribution in [3.05, 3.63) is 54.1 Å². The van der Waals surface area contributed by atoms with E-state index in [4.69, 9.17) is 4.74 Å². The maximum absolute atomic E-state index is 14.6. The van der Waals surface area contributed by atoms with Crippen molar-refractivity contribution < 1.29 is 13.5 Å². The van der Waals surface area contributed by atoms with E-state index in [2.05, 4.69) is 24.8 Å². The molecule has 0 heterocycles. The van der Waals surface area contributed by atoms with Crippen LogP contribution in [0.15, 0.2) is 36.9 Å². The maximum Gasteiger partial charge on any atom is 0.200 e. The quantitative estimate of drug-likeness (QED) is 0.415. The second-order valence-corrected chi connectivity index (χ2v) is 10.0. The Morgan fingerprint density at radius 3 is 2.06 bits per heavy atom. The van der Waals surface area contributed by atoms with Gasteiger partial charge in [-0.05, 0) is 118 Å². The molecule has 2 atom stereocenters. The lowest BCUT2D eigenvalue weighted by molar-refractivity contribution is 0.139. The van der Waals surface area contributed by atoms with Gasteiger partial charge in [-0.2, -0.15) is 4.39 Å². The summed E-state index contributed by atoms with van der Waals surface area (Å²) in [6.07, 6.45) is 19.2. The zero-order valence-corrected chi connectivity index (χ0v) is 19.0. The molecule has 170 valence electrons. The normalized spacial score (nSPS) is 33.8. The fourth-order valence-electron chi connectivity index (χ4n) is 6.53. The van der Waals surface area contributed by atoms with Gasteiger partial charge in [0.2, 0.25) is 5.82 Å². The van der Waals surface area contributed by atoms with Crippen LogP contribution in [-0.2, 0) is 0 Å². The molecule has 2 saturated carbocycles. The molecule has 0 amide bonds. The van der Waals surface area contributed by atoms with Gasteiger partial charge in [0.25, 0.3) is 0 Å². The van der Waals surface area contributed by atoms with Crippen LogP contribution in [0.5, 0.6) is 5.75 Å². The third kappa shape index (κ3) is 5.07. The van der Waals surface area contributed by atoms with Gasteiger partial charge in [0.15, 0.2) is 11.6 Å². The summed E-state index contributed by atoms with van der Waals surface area (Å²) in [5.41, 5.74) is 0.546. The third-order valence-corrected chi connectivity index (χ3v) is 8.42. The van der Waals surface area contributed by atoms with Crippen molar-refractivity contribution in [2.24, 2.45) is 29.6 Å². The number of halogens is 2. The van der Waals surface area contributed by atoms with E-state index in [1.54, 1.807) is 19.1 Å². The van der Waals surface area contributed by atoms with Crippen LogP contribution in [0.4, 0.5) is 8.78 Å². The average molecular weight is 429 g/mol. The Morgan fingerprint density at radius 1 is 0.839 bits per heavy atom. The maximum atomic E-state index is 14.6. The summed E-state index contributed by atoms with van der Waals surface area (Å²) in [6, 6.07) is 3.34. The minimum atomic E-state index is -0.823. The van der Waals surface area contributed by atoms with Crippen LogP contribution in [-0.4, -0.2) is 6.61 Å². The monoisotopic (exact) mass is 428 g/mol. The topological polar surface area (TPSA) is 9.23 Å². The zero-order chi connectivity index (χ0) is 21.8. The fourth-order valence-corrected chi connectivity index (χ4v) is 6.53. The summed E-state index contributed by atoms with van der Waals surface area (Å²) >= 11 is 0. The molecule has 0 aromatic heterocycles. The first kappa shape index (κ1) is 22.6. The molecule has 2 unspecified atom stereocenters. The van der Waals surface area contributed by atoms with Gasteiger partial charge in [0.1, 0.15) is 0 Å². The molecule has 4 rings (SSSR count). The number of benzene rings is 1. The van der Waals surface area contributed by atoms with Gasteiger partial charge < -0.3 is 4.74 Å². The number of hydrogen-bond acceptors (Lipinski definition) is 1. The summed E-state index contributed by atoms with van der Waals surface area (Å²) in [5.74, 6) is 2.44. The van der Waals surface area contributed by atoms with Gasteiger partial charge in [-0.25, -0.2) is 4.39 Å². The molecule has 3 heteroatoms. The molecule has 1 aromatic carbocycles. The van der Waals surface area contributed by atoms with Crippen molar-refractivity contribution in [3.8, 4) is 5.75 Å². The summed E-state index contributed by atoms with van der Waals surface area (Å²) in [6.45, 7) is 6.06. The Hall–Kier alpha value is -1.64. The first-order valence-corrected chi connectivity index (χ1v) is 12.5. The molecule has 0 saturated heterocycles. The third-order valence-electron chi connectivity index (χ3n) is 8.42. The van der Waals surface area contributed by atoms with Crippen molar-refractivity contribution >= 4 is 0 Å². The van der Waals surface area contributed by atoms with Crippen LogP contribution in [0, 0.1) is 41.2 Å². The average Bonchev–Trinajstić information content (AvgIpc) is 2.83. The van der Waals surface area contributed by atoms with Crippen molar-refractivity contribution in [1.82, 2.24) is 0 Å². The van der Waals surface area contributed by atoms with Crippen molar-refractivity contribution in [2.45, 2.75) is 77.0 Å². The number of rotatable bonds is 6. The highest BCUT2D eigenvalue weighted by atomic mass is 19.2. The Balaban J connectivity index is 1.27. The van der Waals surface area contributed by atoms with Gasteiger partial charge in [-0.15, -0.1) is 6.58 Å². The van der Waals surface area contributed by atoms with E-state index < -0.39 is 11.6 Å². The zero-order valence-electron chi connectivity index (χ0n) is 19.0. The van der Waals surface area contributed by atoms with E-state index in [0.29, 0.717) is 18.1 Å². The van der Waals surface area contributed by atoms with Crippen molar-refractivity contribution in [1.29, 1.82) is 0 Å². The molecule has 0 radical (unpaired) electrons. The van der Waals surface area contributed by atoms with E-state index in [1.165, 1.54) is 38.5 Å². The van der Waals surface area contributed by atoms with Gasteiger partial charge in [-0.3, -0.25) is 0 Å². The van der Waals surface area contributed by atoms with Crippen LogP contribution in [0.2, 0.25) is 0 Å². The van der Waals surface area contributed by atoms with Crippen LogP contribution < -0.4 is 4.74 Å². The lowest BCUT2D eigenvalue weighted by Gasteiger charge is -2.40. The van der Waals surface area contributed by atoms with Crippen LogP contribution in [0.25, 0.3) is 0 Å². The van der Waals surface area contributed by atoms with E-state index in [0.717, 1.165) is 49.4 Å². The molecule has 31 heavy (non-hydrogen) atoms. The van der Waals surface area contributed by atoms with Crippen LogP contribution in [0.3, 0.4) is 0 Å². The minimum absolute atomic E-state index is 0.0296. The molecule has 1 aromatic rings. The molecule has 3 aliphatic rings. The standard InChI is InChI=1S/C28H38F2O/c1-3-19-5-7-20(8-6-19)21-9-11-22(12-10-21)23-13-15-24(16-14-23)25-17-18-26(31-4-2)28(30)27(25)29/h3,5,7,17-24H,1,4,6,8-16H2,2H3. The molecular weight excluding hydrogens is 390 g/mol. The lowest BCUT2D eigenvalue weighted by Crippen LogP contribution is -2.28. The Bertz CT molecular complexity index is 769. The Labute approximate surface area is 187 Å². The number of ether oxygens (including phenoxy) is 1. The van der Waals surface area contributed by atoms with E-state index in [1.807, 2.05) is 0 Å². The van der Waals surface area contributed by atoms with E-state index >= 15 is 0 Å². The van der Waals surface area contributed by atoms with Gasteiger partial charge >= 0.3 is 0 Å². The van der Waals surface area contributed by atoms with E-state index in [-0.39, 0.29) is 11.7 Å². The molecule has 0 bridgehead atoms. The lowest BCUT2D eigenvalue weighted by atomic mass is 9.65. The summed E-state index contributed by atoms with van der Waals surface area (Å²) < 4.78 is 34.1. The SMILES string of the molecule is C=CC1C=CC(C2CCC(C3CCC(c4ccc(OCC)c(F)c4F)CC3)CC2)CC1. The smallest absolute Gasteiger partial charge is 0.200 e. The number of allylic oxidation sites excluding steroid dienone is 3. The highest BCUT2D eigenvalue weighted by Gasteiger charge is 2.34. The molecule has 1 nitrogen and oxygen atoms in total. The first-order valence-electron chi connectivity index (χ1n) is 12.5.